The zero-order valence-electron chi connectivity index (χ0n) is 16.1. The number of aromatic nitrogens is 2. The van der Waals surface area contributed by atoms with Crippen LogP contribution in [0.5, 0.6) is 0 Å². The lowest BCUT2D eigenvalue weighted by atomic mass is 10.1. The molecule has 2 amide bonds. The second-order valence-electron chi connectivity index (χ2n) is 6.63. The Balaban J connectivity index is 1.55. The fourth-order valence-electron chi connectivity index (χ4n) is 2.68. The van der Waals surface area contributed by atoms with E-state index >= 15 is 0 Å². The topological polar surface area (TPSA) is 97.1 Å². The standard InChI is InChI=1S/C21H22N4O3/c1-13-4-6-16(7-5-13)21-25-24-20(28-21)11-10-19(27)23-17-8-9-18(14(2)12-17)22-15(3)26/h4-9,12H,10-11H2,1-3H3,(H,22,26)(H,23,27). The van der Waals surface area contributed by atoms with Crippen LogP contribution >= 0.6 is 0 Å². The molecule has 28 heavy (non-hydrogen) atoms. The lowest BCUT2D eigenvalue weighted by molar-refractivity contribution is -0.116. The van der Waals surface area contributed by atoms with E-state index in [4.69, 9.17) is 4.42 Å². The molecule has 2 aromatic carbocycles. The third-order valence-electron chi connectivity index (χ3n) is 4.15. The van der Waals surface area contributed by atoms with Crippen molar-refractivity contribution in [2.45, 2.75) is 33.6 Å². The fraction of sp³-hybridized carbons (Fsp3) is 0.238. The van der Waals surface area contributed by atoms with E-state index in [1.165, 1.54) is 6.92 Å². The lowest BCUT2D eigenvalue weighted by Crippen LogP contribution is -2.13. The first-order chi connectivity index (χ1) is 13.4. The number of carbonyl (C=O) groups is 2. The molecule has 1 aromatic heterocycles. The Bertz CT molecular complexity index is 993. The number of nitrogens with one attached hydrogen (secondary N) is 2. The van der Waals surface area contributed by atoms with Crippen molar-refractivity contribution in [2.24, 2.45) is 0 Å². The van der Waals surface area contributed by atoms with Gasteiger partial charge < -0.3 is 15.1 Å². The summed E-state index contributed by atoms with van der Waals surface area (Å²) in [7, 11) is 0. The predicted molar refractivity (Wildman–Crippen MR) is 107 cm³/mol. The molecule has 0 atom stereocenters. The molecule has 0 radical (unpaired) electrons. The van der Waals surface area contributed by atoms with E-state index in [9.17, 15) is 9.59 Å². The van der Waals surface area contributed by atoms with Crippen molar-refractivity contribution in [1.29, 1.82) is 0 Å². The number of nitrogens with zero attached hydrogens (tertiary/aromatic N) is 2. The first-order valence-corrected chi connectivity index (χ1v) is 8.98. The van der Waals surface area contributed by atoms with Crippen LogP contribution in [0, 0.1) is 13.8 Å². The smallest absolute Gasteiger partial charge is 0.247 e. The van der Waals surface area contributed by atoms with Crippen molar-refractivity contribution in [2.75, 3.05) is 10.6 Å². The maximum absolute atomic E-state index is 12.2. The summed E-state index contributed by atoms with van der Waals surface area (Å²) in [5, 5.41) is 13.6. The van der Waals surface area contributed by atoms with E-state index in [1.54, 1.807) is 12.1 Å². The molecule has 0 bridgehead atoms. The van der Waals surface area contributed by atoms with E-state index in [1.807, 2.05) is 44.2 Å². The van der Waals surface area contributed by atoms with Gasteiger partial charge in [-0.25, -0.2) is 0 Å². The second-order valence-corrected chi connectivity index (χ2v) is 6.63. The molecule has 0 unspecified atom stereocenters. The summed E-state index contributed by atoms with van der Waals surface area (Å²) in [6.07, 6.45) is 0.579. The van der Waals surface area contributed by atoms with Gasteiger partial charge in [0.25, 0.3) is 0 Å². The van der Waals surface area contributed by atoms with Gasteiger partial charge in [0.15, 0.2) is 0 Å². The minimum atomic E-state index is -0.151. The normalized spacial score (nSPS) is 10.5. The van der Waals surface area contributed by atoms with Crippen molar-refractivity contribution in [3.63, 3.8) is 0 Å². The Morgan fingerprint density at radius 2 is 1.75 bits per heavy atom. The van der Waals surface area contributed by atoms with E-state index in [0.717, 1.165) is 22.4 Å². The van der Waals surface area contributed by atoms with E-state index in [0.29, 0.717) is 23.9 Å². The number of aryl methyl sites for hydroxylation is 3. The second kappa shape index (κ2) is 8.47. The van der Waals surface area contributed by atoms with Gasteiger partial charge in [0.2, 0.25) is 23.6 Å². The molecule has 0 aliphatic carbocycles. The number of rotatable bonds is 6. The highest BCUT2D eigenvalue weighted by molar-refractivity contribution is 5.93. The highest BCUT2D eigenvalue weighted by Gasteiger charge is 2.11. The van der Waals surface area contributed by atoms with E-state index in [2.05, 4.69) is 20.8 Å². The van der Waals surface area contributed by atoms with Gasteiger partial charge in [-0.3, -0.25) is 9.59 Å². The quantitative estimate of drug-likeness (QED) is 0.678. The van der Waals surface area contributed by atoms with Gasteiger partial charge in [-0.05, 0) is 49.7 Å². The highest BCUT2D eigenvalue weighted by atomic mass is 16.4. The maximum Gasteiger partial charge on any atom is 0.247 e. The van der Waals surface area contributed by atoms with Crippen LogP contribution in [0.3, 0.4) is 0 Å². The van der Waals surface area contributed by atoms with Crippen LogP contribution in [0.15, 0.2) is 46.9 Å². The number of hydrogen-bond donors (Lipinski definition) is 2. The van der Waals surface area contributed by atoms with Gasteiger partial charge in [-0.1, -0.05) is 17.7 Å². The van der Waals surface area contributed by atoms with Crippen LogP contribution < -0.4 is 10.6 Å². The Kier molecular flexibility index (Phi) is 5.84. The minimum absolute atomic E-state index is 0.135. The van der Waals surface area contributed by atoms with Crippen molar-refractivity contribution in [3.8, 4) is 11.5 Å². The summed E-state index contributed by atoms with van der Waals surface area (Å²) in [4.78, 5) is 23.4. The van der Waals surface area contributed by atoms with Crippen molar-refractivity contribution in [1.82, 2.24) is 10.2 Å². The van der Waals surface area contributed by atoms with E-state index in [-0.39, 0.29) is 18.2 Å². The van der Waals surface area contributed by atoms with Crippen LogP contribution in [0.4, 0.5) is 11.4 Å². The monoisotopic (exact) mass is 378 g/mol. The SMILES string of the molecule is CC(=O)Nc1ccc(NC(=O)CCc2nnc(-c3ccc(C)cc3)o2)cc1C. The van der Waals surface area contributed by atoms with Crippen molar-refractivity contribution < 1.29 is 14.0 Å². The molecule has 7 heteroatoms. The van der Waals surface area contributed by atoms with Crippen LogP contribution in [-0.4, -0.2) is 22.0 Å². The van der Waals surface area contributed by atoms with Gasteiger partial charge in [0.1, 0.15) is 0 Å². The number of carbonyl (C=O) groups excluding carboxylic acids is 2. The van der Waals surface area contributed by atoms with Gasteiger partial charge in [-0.15, -0.1) is 10.2 Å². The summed E-state index contributed by atoms with van der Waals surface area (Å²) in [5.41, 5.74) is 4.26. The fourth-order valence-corrected chi connectivity index (χ4v) is 2.68. The number of anilines is 2. The molecule has 144 valence electrons. The third kappa shape index (κ3) is 5.03. The Labute approximate surface area is 163 Å². The maximum atomic E-state index is 12.2. The number of amides is 2. The average molecular weight is 378 g/mol. The first-order valence-electron chi connectivity index (χ1n) is 8.98. The van der Waals surface area contributed by atoms with Gasteiger partial charge in [0, 0.05) is 36.7 Å². The third-order valence-corrected chi connectivity index (χ3v) is 4.15. The summed E-state index contributed by atoms with van der Waals surface area (Å²) in [5.74, 6) is 0.578. The number of hydrogen-bond acceptors (Lipinski definition) is 5. The molecule has 7 nitrogen and oxygen atoms in total. The van der Waals surface area contributed by atoms with Crippen LogP contribution in [-0.2, 0) is 16.0 Å². The predicted octanol–water partition coefficient (Wildman–Crippen LogP) is 3.88. The van der Waals surface area contributed by atoms with Crippen LogP contribution in [0.1, 0.15) is 30.4 Å². The van der Waals surface area contributed by atoms with Crippen LogP contribution in [0.2, 0.25) is 0 Å². The highest BCUT2D eigenvalue weighted by Crippen LogP contribution is 2.21. The largest absolute Gasteiger partial charge is 0.421 e. The van der Waals surface area contributed by atoms with Crippen molar-refractivity contribution >= 4 is 23.2 Å². The van der Waals surface area contributed by atoms with Gasteiger partial charge in [0.05, 0.1) is 0 Å². The van der Waals surface area contributed by atoms with Crippen molar-refractivity contribution in [3.05, 3.63) is 59.5 Å². The summed E-state index contributed by atoms with van der Waals surface area (Å²) < 4.78 is 5.64. The van der Waals surface area contributed by atoms with Crippen LogP contribution in [0.25, 0.3) is 11.5 Å². The number of benzene rings is 2. The Morgan fingerprint density at radius 1 is 1.00 bits per heavy atom. The van der Waals surface area contributed by atoms with Gasteiger partial charge in [-0.2, -0.15) is 0 Å². The molecule has 0 aliphatic heterocycles. The molecule has 0 aliphatic rings. The van der Waals surface area contributed by atoms with E-state index < -0.39 is 0 Å². The summed E-state index contributed by atoms with van der Waals surface area (Å²) >= 11 is 0. The molecule has 0 fully saturated rings. The molecule has 3 rings (SSSR count). The molecular formula is C21H22N4O3. The zero-order valence-corrected chi connectivity index (χ0v) is 16.1. The van der Waals surface area contributed by atoms with Gasteiger partial charge >= 0.3 is 0 Å². The summed E-state index contributed by atoms with van der Waals surface area (Å²) in [6.45, 7) is 5.33. The zero-order chi connectivity index (χ0) is 20.1. The molecule has 0 saturated carbocycles. The molecule has 1 heterocycles. The Hall–Kier alpha value is -3.48. The lowest BCUT2D eigenvalue weighted by Gasteiger charge is -2.10. The molecular weight excluding hydrogens is 356 g/mol. The summed E-state index contributed by atoms with van der Waals surface area (Å²) in [6, 6.07) is 13.1. The first kappa shape index (κ1) is 19.3. The molecule has 0 spiro atoms. The molecule has 3 aromatic rings. The Morgan fingerprint density at radius 3 is 2.43 bits per heavy atom. The average Bonchev–Trinajstić information content (AvgIpc) is 3.12. The molecule has 0 saturated heterocycles. The minimum Gasteiger partial charge on any atom is -0.421 e. The molecule has 2 N–H and O–H groups in total.